The van der Waals surface area contributed by atoms with E-state index in [4.69, 9.17) is 9.40 Å². The first kappa shape index (κ1) is 19.3. The van der Waals surface area contributed by atoms with Gasteiger partial charge in [0.25, 0.3) is 0 Å². The average Bonchev–Trinajstić information content (AvgIpc) is 3.26. The van der Waals surface area contributed by atoms with Gasteiger partial charge in [-0.05, 0) is 31.9 Å². The van der Waals surface area contributed by atoms with Crippen molar-refractivity contribution in [3.05, 3.63) is 54.8 Å². The first-order valence-corrected chi connectivity index (χ1v) is 10.9. The molecule has 3 aromatic rings. The minimum absolute atomic E-state index is 0.334. The van der Waals surface area contributed by atoms with E-state index in [-0.39, 0.29) is 0 Å². The molecule has 2 unspecified atom stereocenters. The van der Waals surface area contributed by atoms with Gasteiger partial charge >= 0.3 is 0 Å². The van der Waals surface area contributed by atoms with Crippen LogP contribution in [0.15, 0.2) is 16.7 Å². The Kier molecular flexibility index (Phi) is 5.68. The molecule has 0 spiro atoms. The Morgan fingerprint density at radius 2 is 1.77 bits per heavy atom. The molecular formula is C21H28N2OS2. The summed E-state index contributed by atoms with van der Waals surface area (Å²) in [6.45, 7) is 15.2. The molecule has 0 saturated heterocycles. The summed E-state index contributed by atoms with van der Waals surface area (Å²) >= 11 is 3.75. The maximum absolute atomic E-state index is 5.71. The van der Waals surface area contributed by atoms with Crippen molar-refractivity contribution in [3.63, 3.8) is 0 Å². The molecule has 0 aromatic carbocycles. The van der Waals surface area contributed by atoms with Gasteiger partial charge in [0.05, 0.1) is 16.9 Å². The largest absolute Gasteiger partial charge is 0.446 e. The number of thiazole rings is 1. The zero-order valence-electron chi connectivity index (χ0n) is 16.7. The summed E-state index contributed by atoms with van der Waals surface area (Å²) in [6, 6.07) is 2.37. The Morgan fingerprint density at radius 1 is 1.04 bits per heavy atom. The van der Waals surface area contributed by atoms with Crippen LogP contribution >= 0.6 is 22.7 Å². The molecule has 3 rings (SSSR count). The van der Waals surface area contributed by atoms with Crippen LogP contribution in [0.25, 0.3) is 0 Å². The van der Waals surface area contributed by atoms with Crippen molar-refractivity contribution in [1.29, 1.82) is 0 Å². The molecular weight excluding hydrogens is 360 g/mol. The van der Waals surface area contributed by atoms with E-state index in [0.29, 0.717) is 17.8 Å². The summed E-state index contributed by atoms with van der Waals surface area (Å²) < 4.78 is 5.71. The lowest BCUT2D eigenvalue weighted by molar-refractivity contribution is 0.446. The smallest absolute Gasteiger partial charge is 0.191 e. The highest BCUT2D eigenvalue weighted by molar-refractivity contribution is 7.12. The zero-order chi connectivity index (χ0) is 19.0. The maximum Gasteiger partial charge on any atom is 0.191 e. The second-order valence-corrected chi connectivity index (χ2v) is 10.0. The molecule has 140 valence electrons. The van der Waals surface area contributed by atoms with Crippen molar-refractivity contribution in [3.8, 4) is 0 Å². The van der Waals surface area contributed by atoms with Crippen molar-refractivity contribution in [1.82, 2.24) is 9.97 Å². The molecule has 0 saturated carbocycles. The summed E-state index contributed by atoms with van der Waals surface area (Å²) in [5, 5.41) is 1.24. The van der Waals surface area contributed by atoms with Crippen molar-refractivity contribution in [2.75, 3.05) is 0 Å². The number of thiophene rings is 1. The van der Waals surface area contributed by atoms with Crippen LogP contribution in [0.1, 0.15) is 88.0 Å². The second-order valence-electron chi connectivity index (χ2n) is 7.49. The third-order valence-corrected chi connectivity index (χ3v) is 7.43. The van der Waals surface area contributed by atoms with Gasteiger partial charge < -0.3 is 4.42 Å². The minimum Gasteiger partial charge on any atom is -0.446 e. The molecule has 0 N–H and O–H groups in total. The normalized spacial score (nSPS) is 14.2. The topological polar surface area (TPSA) is 38.9 Å². The maximum atomic E-state index is 5.71. The van der Waals surface area contributed by atoms with Gasteiger partial charge in [-0.25, -0.2) is 9.97 Å². The van der Waals surface area contributed by atoms with Crippen LogP contribution < -0.4 is 0 Å². The van der Waals surface area contributed by atoms with Crippen molar-refractivity contribution < 1.29 is 4.42 Å². The van der Waals surface area contributed by atoms with Gasteiger partial charge in [0, 0.05) is 39.3 Å². The molecule has 0 aliphatic carbocycles. The van der Waals surface area contributed by atoms with Crippen molar-refractivity contribution in [2.24, 2.45) is 0 Å². The molecule has 3 nitrogen and oxygen atoms in total. The van der Waals surface area contributed by atoms with Crippen LogP contribution in [0.3, 0.4) is 0 Å². The Balaban J connectivity index is 1.81. The number of oxazole rings is 1. The molecule has 3 heterocycles. The fourth-order valence-electron chi connectivity index (χ4n) is 3.21. The lowest BCUT2D eigenvalue weighted by atomic mass is 9.98. The third kappa shape index (κ3) is 3.94. The highest BCUT2D eigenvalue weighted by Crippen LogP contribution is 2.37. The van der Waals surface area contributed by atoms with Crippen LogP contribution in [-0.4, -0.2) is 9.97 Å². The van der Waals surface area contributed by atoms with Crippen molar-refractivity contribution >= 4 is 22.7 Å². The lowest BCUT2D eigenvalue weighted by Crippen LogP contribution is -1.98. The molecule has 0 bridgehead atoms. The van der Waals surface area contributed by atoms with Gasteiger partial charge in [0.2, 0.25) is 0 Å². The van der Waals surface area contributed by atoms with E-state index in [9.17, 15) is 0 Å². The number of rotatable bonds is 6. The molecule has 5 heteroatoms. The number of aryl methyl sites for hydroxylation is 3. The van der Waals surface area contributed by atoms with E-state index in [1.165, 1.54) is 30.9 Å². The fourth-order valence-corrected chi connectivity index (χ4v) is 5.35. The van der Waals surface area contributed by atoms with Gasteiger partial charge in [-0.3, -0.25) is 0 Å². The number of nitrogens with zero attached hydrogens (tertiary/aromatic N) is 2. The Labute approximate surface area is 164 Å². The summed E-state index contributed by atoms with van der Waals surface area (Å²) in [6.07, 6.45) is 2.84. The number of hydrogen-bond donors (Lipinski definition) is 0. The highest BCUT2D eigenvalue weighted by atomic mass is 32.1. The monoisotopic (exact) mass is 388 g/mol. The first-order valence-electron chi connectivity index (χ1n) is 9.25. The summed E-state index contributed by atoms with van der Waals surface area (Å²) in [5.41, 5.74) is 2.65. The lowest BCUT2D eigenvalue weighted by Gasteiger charge is -2.08. The average molecular weight is 389 g/mol. The van der Waals surface area contributed by atoms with E-state index in [1.807, 2.05) is 35.8 Å². The van der Waals surface area contributed by atoms with Gasteiger partial charge in [-0.15, -0.1) is 22.7 Å². The van der Waals surface area contributed by atoms with Gasteiger partial charge in [-0.2, -0.15) is 0 Å². The number of hydrogen-bond acceptors (Lipinski definition) is 5. The van der Waals surface area contributed by atoms with Crippen LogP contribution in [-0.2, 0) is 6.42 Å². The van der Waals surface area contributed by atoms with E-state index in [2.05, 4.69) is 52.6 Å². The quantitative estimate of drug-likeness (QED) is 0.469. The predicted molar refractivity (Wildman–Crippen MR) is 111 cm³/mol. The van der Waals surface area contributed by atoms with Crippen LogP contribution in [0.5, 0.6) is 0 Å². The van der Waals surface area contributed by atoms with E-state index in [0.717, 1.165) is 18.1 Å². The molecule has 0 fully saturated rings. The molecule has 0 amide bonds. The molecule has 26 heavy (non-hydrogen) atoms. The van der Waals surface area contributed by atoms with E-state index in [1.54, 1.807) is 0 Å². The van der Waals surface area contributed by atoms with E-state index >= 15 is 0 Å². The Hall–Kier alpha value is -1.46. The molecule has 0 aliphatic heterocycles. The zero-order valence-corrected chi connectivity index (χ0v) is 18.3. The SMILES string of the molecule is Cc1ncc(C(C)Cc2cc(C(C)c3nc(C(C)C)sc3C)sc2C)o1. The van der Waals surface area contributed by atoms with Gasteiger partial charge in [0.15, 0.2) is 5.89 Å². The Bertz CT molecular complexity index is 888. The molecule has 0 aliphatic rings. The minimum atomic E-state index is 0.334. The molecule has 2 atom stereocenters. The van der Waals surface area contributed by atoms with E-state index < -0.39 is 0 Å². The fraction of sp³-hybridized carbons (Fsp3) is 0.524. The first-order chi connectivity index (χ1) is 12.3. The highest BCUT2D eigenvalue weighted by Gasteiger charge is 2.21. The van der Waals surface area contributed by atoms with Crippen LogP contribution in [0, 0.1) is 20.8 Å². The predicted octanol–water partition coefficient (Wildman–Crippen LogP) is 6.74. The Morgan fingerprint density at radius 3 is 2.35 bits per heavy atom. The van der Waals surface area contributed by atoms with Gasteiger partial charge in [-0.1, -0.05) is 27.7 Å². The molecule has 3 aromatic heterocycles. The summed E-state index contributed by atoms with van der Waals surface area (Å²) in [7, 11) is 0. The van der Waals surface area contributed by atoms with Gasteiger partial charge in [0.1, 0.15) is 5.76 Å². The number of aromatic nitrogens is 2. The van der Waals surface area contributed by atoms with Crippen LogP contribution in [0.4, 0.5) is 0 Å². The summed E-state index contributed by atoms with van der Waals surface area (Å²) in [4.78, 5) is 13.3. The summed E-state index contributed by atoms with van der Waals surface area (Å²) in [5.74, 6) is 2.88. The van der Waals surface area contributed by atoms with Crippen LogP contribution in [0.2, 0.25) is 0 Å². The third-order valence-electron chi connectivity index (χ3n) is 4.87. The molecule has 0 radical (unpaired) electrons. The standard InChI is InChI=1S/C21H28N2OS2/c1-11(2)21-23-20(15(6)26-21)13(4)19-9-17(14(5)25-19)8-12(3)18-10-22-16(7)24-18/h9-13H,8H2,1-7H3. The second kappa shape index (κ2) is 7.65. The van der Waals surface area contributed by atoms with Crippen molar-refractivity contribution in [2.45, 2.75) is 72.6 Å².